The zero-order chi connectivity index (χ0) is 12.9. The third-order valence-corrected chi connectivity index (χ3v) is 3.28. The van der Waals surface area contributed by atoms with Gasteiger partial charge in [-0.15, -0.1) is 0 Å². The molecule has 0 aromatic heterocycles. The molecule has 0 radical (unpaired) electrons. The average molecular weight is 243 g/mol. The molecule has 1 heterocycles. The van der Waals surface area contributed by atoms with Crippen LogP contribution < -0.4 is 0 Å². The first-order valence-electron chi connectivity index (χ1n) is 6.14. The monoisotopic (exact) mass is 243 g/mol. The summed E-state index contributed by atoms with van der Waals surface area (Å²) in [6, 6.07) is 0. The maximum Gasteiger partial charge on any atom is 0.329 e. The number of hydrogen-bond acceptors (Lipinski definition) is 3. The van der Waals surface area contributed by atoms with Gasteiger partial charge < -0.3 is 14.7 Å². The molecule has 0 bridgehead atoms. The van der Waals surface area contributed by atoms with E-state index in [-0.39, 0.29) is 5.91 Å². The molecule has 5 heteroatoms. The molecule has 1 amide bonds. The maximum absolute atomic E-state index is 11.7. The standard InChI is InChI=1S/C12H21NO4/c1-3-7-13(10(2)14)12(11(15)16)5-4-8-17-9-6-12/h3-9H2,1-2H3,(H,15,16). The summed E-state index contributed by atoms with van der Waals surface area (Å²) in [6.07, 6.45) is 2.29. The Balaban J connectivity index is 3.01. The Bertz CT molecular complexity index is 282. The highest BCUT2D eigenvalue weighted by molar-refractivity contribution is 5.86. The van der Waals surface area contributed by atoms with Gasteiger partial charge >= 0.3 is 5.97 Å². The molecular weight excluding hydrogens is 222 g/mol. The first-order chi connectivity index (χ1) is 8.04. The van der Waals surface area contributed by atoms with Crippen molar-refractivity contribution >= 4 is 11.9 Å². The van der Waals surface area contributed by atoms with Crippen LogP contribution in [0.25, 0.3) is 0 Å². The molecule has 1 unspecified atom stereocenters. The summed E-state index contributed by atoms with van der Waals surface area (Å²) < 4.78 is 5.31. The SMILES string of the molecule is CCCN(C(C)=O)C1(C(=O)O)CCCOCC1. The van der Waals surface area contributed by atoms with E-state index < -0.39 is 11.5 Å². The number of carbonyl (C=O) groups is 2. The molecule has 0 aromatic carbocycles. The lowest BCUT2D eigenvalue weighted by Gasteiger charge is -2.39. The van der Waals surface area contributed by atoms with Crippen LogP contribution in [0, 0.1) is 0 Å². The van der Waals surface area contributed by atoms with Crippen LogP contribution in [0.5, 0.6) is 0 Å². The molecule has 98 valence electrons. The Morgan fingerprint density at radius 1 is 1.35 bits per heavy atom. The second-order valence-electron chi connectivity index (χ2n) is 4.47. The summed E-state index contributed by atoms with van der Waals surface area (Å²) in [4.78, 5) is 24.8. The third kappa shape index (κ3) is 2.97. The van der Waals surface area contributed by atoms with Crippen LogP contribution in [0.1, 0.15) is 39.5 Å². The first-order valence-corrected chi connectivity index (χ1v) is 6.14. The van der Waals surface area contributed by atoms with E-state index in [0.717, 1.165) is 6.42 Å². The Kier molecular flexibility index (Phi) is 4.93. The van der Waals surface area contributed by atoms with Gasteiger partial charge in [-0.05, 0) is 19.3 Å². The lowest BCUT2D eigenvalue weighted by Crippen LogP contribution is -2.57. The van der Waals surface area contributed by atoms with Crippen LogP contribution in [0.15, 0.2) is 0 Å². The molecule has 1 fully saturated rings. The molecule has 1 rings (SSSR count). The van der Waals surface area contributed by atoms with E-state index in [1.165, 1.54) is 11.8 Å². The summed E-state index contributed by atoms with van der Waals surface area (Å²) in [5, 5.41) is 9.51. The van der Waals surface area contributed by atoms with Gasteiger partial charge in [-0.2, -0.15) is 0 Å². The van der Waals surface area contributed by atoms with Crippen molar-refractivity contribution in [1.29, 1.82) is 0 Å². The largest absolute Gasteiger partial charge is 0.479 e. The Morgan fingerprint density at radius 2 is 2.06 bits per heavy atom. The van der Waals surface area contributed by atoms with Crippen molar-refractivity contribution in [1.82, 2.24) is 4.90 Å². The van der Waals surface area contributed by atoms with Crippen molar-refractivity contribution in [2.45, 2.75) is 45.1 Å². The van der Waals surface area contributed by atoms with E-state index in [0.29, 0.717) is 39.0 Å². The number of aliphatic carboxylic acids is 1. The minimum atomic E-state index is -1.07. The molecule has 0 aromatic rings. The summed E-state index contributed by atoms with van der Waals surface area (Å²) >= 11 is 0. The Hall–Kier alpha value is -1.10. The fourth-order valence-corrected chi connectivity index (χ4v) is 2.43. The molecule has 1 atom stereocenters. The van der Waals surface area contributed by atoms with Crippen LogP contribution in [-0.4, -0.2) is 47.2 Å². The smallest absolute Gasteiger partial charge is 0.329 e. The molecule has 1 saturated heterocycles. The lowest BCUT2D eigenvalue weighted by atomic mass is 9.88. The third-order valence-electron chi connectivity index (χ3n) is 3.28. The number of carboxylic acids is 1. The molecule has 1 N–H and O–H groups in total. The molecule has 0 spiro atoms. The number of carboxylic acid groups (broad SMARTS) is 1. The Labute approximate surface area is 102 Å². The Morgan fingerprint density at radius 3 is 2.59 bits per heavy atom. The molecule has 0 saturated carbocycles. The maximum atomic E-state index is 11.7. The van der Waals surface area contributed by atoms with Crippen LogP contribution in [0.3, 0.4) is 0 Å². The van der Waals surface area contributed by atoms with E-state index in [2.05, 4.69) is 0 Å². The minimum Gasteiger partial charge on any atom is -0.479 e. The normalized spacial score (nSPS) is 25.1. The van der Waals surface area contributed by atoms with E-state index in [4.69, 9.17) is 4.74 Å². The van der Waals surface area contributed by atoms with E-state index in [9.17, 15) is 14.7 Å². The topological polar surface area (TPSA) is 66.8 Å². The second-order valence-corrected chi connectivity index (χ2v) is 4.47. The first kappa shape index (κ1) is 14.0. The summed E-state index contributed by atoms with van der Waals surface area (Å²) in [5.41, 5.74) is -1.07. The van der Waals surface area contributed by atoms with Crippen molar-refractivity contribution < 1.29 is 19.4 Å². The predicted molar refractivity (Wildman–Crippen MR) is 62.7 cm³/mol. The van der Waals surface area contributed by atoms with Gasteiger partial charge in [-0.3, -0.25) is 4.79 Å². The highest BCUT2D eigenvalue weighted by Crippen LogP contribution is 2.29. The zero-order valence-electron chi connectivity index (χ0n) is 10.6. The summed E-state index contributed by atoms with van der Waals surface area (Å²) in [5.74, 6) is -1.08. The second kappa shape index (κ2) is 6.00. The predicted octanol–water partition coefficient (Wildman–Crippen LogP) is 1.27. The van der Waals surface area contributed by atoms with Crippen LogP contribution >= 0.6 is 0 Å². The van der Waals surface area contributed by atoms with Gasteiger partial charge in [0.25, 0.3) is 0 Å². The number of carbonyl (C=O) groups excluding carboxylic acids is 1. The van der Waals surface area contributed by atoms with Gasteiger partial charge in [-0.1, -0.05) is 6.92 Å². The van der Waals surface area contributed by atoms with Crippen LogP contribution in [-0.2, 0) is 14.3 Å². The van der Waals surface area contributed by atoms with Gasteiger partial charge in [0.05, 0.1) is 0 Å². The van der Waals surface area contributed by atoms with Crippen LogP contribution in [0.2, 0.25) is 0 Å². The quantitative estimate of drug-likeness (QED) is 0.807. The highest BCUT2D eigenvalue weighted by Gasteiger charge is 2.45. The minimum absolute atomic E-state index is 0.170. The summed E-state index contributed by atoms with van der Waals surface area (Å²) in [6.45, 7) is 4.85. The van der Waals surface area contributed by atoms with Gasteiger partial charge in [0.2, 0.25) is 5.91 Å². The fraction of sp³-hybridized carbons (Fsp3) is 0.833. The van der Waals surface area contributed by atoms with E-state index in [1.807, 2.05) is 6.92 Å². The molecule has 1 aliphatic rings. The van der Waals surface area contributed by atoms with E-state index in [1.54, 1.807) is 0 Å². The van der Waals surface area contributed by atoms with Gasteiger partial charge in [-0.25, -0.2) is 4.79 Å². The number of hydrogen-bond donors (Lipinski definition) is 1. The van der Waals surface area contributed by atoms with Crippen molar-refractivity contribution in [3.63, 3.8) is 0 Å². The van der Waals surface area contributed by atoms with Crippen molar-refractivity contribution in [2.75, 3.05) is 19.8 Å². The van der Waals surface area contributed by atoms with Crippen molar-refractivity contribution in [3.8, 4) is 0 Å². The number of ether oxygens (including phenoxy) is 1. The highest BCUT2D eigenvalue weighted by atomic mass is 16.5. The number of amides is 1. The molecule has 5 nitrogen and oxygen atoms in total. The molecule has 0 aliphatic carbocycles. The lowest BCUT2D eigenvalue weighted by molar-refractivity contribution is -0.160. The van der Waals surface area contributed by atoms with E-state index >= 15 is 0 Å². The zero-order valence-corrected chi connectivity index (χ0v) is 10.6. The average Bonchev–Trinajstić information content (AvgIpc) is 2.51. The number of nitrogens with zero attached hydrogens (tertiary/aromatic N) is 1. The molecular formula is C12H21NO4. The number of rotatable bonds is 4. The van der Waals surface area contributed by atoms with Gasteiger partial charge in [0, 0.05) is 33.1 Å². The van der Waals surface area contributed by atoms with Gasteiger partial charge in [0.15, 0.2) is 0 Å². The van der Waals surface area contributed by atoms with Crippen LogP contribution in [0.4, 0.5) is 0 Å². The fourth-order valence-electron chi connectivity index (χ4n) is 2.43. The molecule has 17 heavy (non-hydrogen) atoms. The summed E-state index contributed by atoms with van der Waals surface area (Å²) in [7, 11) is 0. The van der Waals surface area contributed by atoms with Crippen molar-refractivity contribution in [3.05, 3.63) is 0 Å². The van der Waals surface area contributed by atoms with Crippen molar-refractivity contribution in [2.24, 2.45) is 0 Å². The molecule has 1 aliphatic heterocycles. The van der Waals surface area contributed by atoms with Gasteiger partial charge in [0.1, 0.15) is 5.54 Å².